The number of benzene rings is 1. The molecule has 1 unspecified atom stereocenters. The van der Waals surface area contributed by atoms with Gasteiger partial charge in [0.2, 0.25) is 0 Å². The van der Waals surface area contributed by atoms with Crippen LogP contribution < -0.4 is 0 Å². The molecule has 1 aliphatic heterocycles. The lowest BCUT2D eigenvalue weighted by Gasteiger charge is -2.34. The van der Waals surface area contributed by atoms with Gasteiger partial charge in [0, 0.05) is 17.7 Å². The molecule has 0 aliphatic carbocycles. The summed E-state index contributed by atoms with van der Waals surface area (Å²) in [5.41, 5.74) is 2.59. The molecule has 0 radical (unpaired) electrons. The number of carboxylic acids is 1. The van der Waals surface area contributed by atoms with Crippen LogP contribution in [0, 0.1) is 0 Å². The Kier molecular flexibility index (Phi) is 3.91. The molecule has 6 nitrogen and oxygen atoms in total. The third-order valence-electron chi connectivity index (χ3n) is 4.38. The molecule has 1 atom stereocenters. The van der Waals surface area contributed by atoms with E-state index in [0.717, 1.165) is 11.3 Å². The number of rotatable bonds is 2. The molecule has 0 spiro atoms. The van der Waals surface area contributed by atoms with Crippen LogP contribution in [-0.4, -0.2) is 38.6 Å². The maximum absolute atomic E-state index is 12.8. The maximum Gasteiger partial charge on any atom is 0.331 e. The van der Waals surface area contributed by atoms with Crippen LogP contribution in [0.1, 0.15) is 54.1 Å². The van der Waals surface area contributed by atoms with E-state index in [9.17, 15) is 14.7 Å². The fourth-order valence-corrected chi connectivity index (χ4v) is 3.01. The molecule has 2 heterocycles. The van der Waals surface area contributed by atoms with Crippen LogP contribution in [0.2, 0.25) is 0 Å². The van der Waals surface area contributed by atoms with Crippen molar-refractivity contribution < 1.29 is 14.7 Å². The van der Waals surface area contributed by atoms with Gasteiger partial charge in [-0.15, -0.1) is 0 Å². The van der Waals surface area contributed by atoms with Gasteiger partial charge in [-0.25, -0.2) is 4.79 Å². The van der Waals surface area contributed by atoms with Crippen LogP contribution in [0.3, 0.4) is 0 Å². The second kappa shape index (κ2) is 5.78. The molecule has 24 heavy (non-hydrogen) atoms. The van der Waals surface area contributed by atoms with Crippen LogP contribution >= 0.6 is 0 Å². The lowest BCUT2D eigenvalue weighted by molar-refractivity contribution is -0.143. The number of fused-ring (bicyclic) bond motifs is 1. The number of nitrogens with zero attached hydrogens (tertiary/aromatic N) is 2. The average Bonchev–Trinajstić information content (AvgIpc) is 3.03. The standard InChI is InChI=1S/C18H21N3O3/c1-18(2,3)14-10-13(19-20-14)16(22)21-9-8-11-6-4-5-7-12(11)15(21)17(23)24/h4-7,10,15H,8-9H2,1-3H3,(H,19,20)(H,23,24). The SMILES string of the molecule is CC(C)(C)c1cc(C(=O)N2CCc3ccccc3C2C(=O)O)n[nH]1. The Balaban J connectivity index is 1.95. The molecule has 1 aliphatic rings. The normalized spacial score (nSPS) is 17.5. The molecular formula is C18H21N3O3. The van der Waals surface area contributed by atoms with Crippen molar-refractivity contribution in [2.24, 2.45) is 0 Å². The molecule has 3 rings (SSSR count). The van der Waals surface area contributed by atoms with Gasteiger partial charge in [0.1, 0.15) is 5.69 Å². The summed E-state index contributed by atoms with van der Waals surface area (Å²) in [4.78, 5) is 26.0. The number of amides is 1. The highest BCUT2D eigenvalue weighted by atomic mass is 16.4. The molecule has 2 N–H and O–H groups in total. The minimum atomic E-state index is -1.03. The zero-order valence-electron chi connectivity index (χ0n) is 14.0. The van der Waals surface area contributed by atoms with Gasteiger partial charge in [-0.3, -0.25) is 9.89 Å². The predicted molar refractivity (Wildman–Crippen MR) is 88.8 cm³/mol. The van der Waals surface area contributed by atoms with E-state index in [2.05, 4.69) is 10.2 Å². The minimum Gasteiger partial charge on any atom is -0.479 e. The van der Waals surface area contributed by atoms with Crippen molar-refractivity contribution >= 4 is 11.9 Å². The highest BCUT2D eigenvalue weighted by Crippen LogP contribution is 2.31. The summed E-state index contributed by atoms with van der Waals surface area (Å²) in [6.07, 6.45) is 0.641. The summed E-state index contributed by atoms with van der Waals surface area (Å²) >= 11 is 0. The van der Waals surface area contributed by atoms with Crippen molar-refractivity contribution in [1.82, 2.24) is 15.1 Å². The van der Waals surface area contributed by atoms with Crippen LogP contribution in [0.15, 0.2) is 30.3 Å². The number of aromatic nitrogens is 2. The van der Waals surface area contributed by atoms with E-state index in [1.165, 1.54) is 4.90 Å². The molecule has 1 amide bonds. The maximum atomic E-state index is 12.8. The summed E-state index contributed by atoms with van der Waals surface area (Å²) < 4.78 is 0. The zero-order chi connectivity index (χ0) is 17.5. The number of aromatic amines is 1. The number of nitrogens with one attached hydrogen (secondary N) is 1. The Morgan fingerprint density at radius 3 is 2.62 bits per heavy atom. The monoisotopic (exact) mass is 327 g/mol. The van der Waals surface area contributed by atoms with Gasteiger partial charge in [0.25, 0.3) is 5.91 Å². The van der Waals surface area contributed by atoms with Crippen molar-refractivity contribution in [2.75, 3.05) is 6.54 Å². The Morgan fingerprint density at radius 1 is 1.29 bits per heavy atom. The number of H-pyrrole nitrogens is 1. The second-order valence-electron chi connectivity index (χ2n) is 7.10. The van der Waals surface area contributed by atoms with E-state index in [-0.39, 0.29) is 17.0 Å². The third-order valence-corrected chi connectivity index (χ3v) is 4.38. The van der Waals surface area contributed by atoms with E-state index in [1.807, 2.05) is 32.9 Å². The van der Waals surface area contributed by atoms with E-state index in [4.69, 9.17) is 0 Å². The third kappa shape index (κ3) is 2.79. The molecular weight excluding hydrogens is 306 g/mol. The second-order valence-corrected chi connectivity index (χ2v) is 7.10. The highest BCUT2D eigenvalue weighted by molar-refractivity contribution is 5.95. The fourth-order valence-electron chi connectivity index (χ4n) is 3.01. The molecule has 2 aromatic rings. The van der Waals surface area contributed by atoms with Crippen molar-refractivity contribution in [3.8, 4) is 0 Å². The number of carbonyl (C=O) groups is 2. The van der Waals surface area contributed by atoms with E-state index in [1.54, 1.807) is 18.2 Å². The minimum absolute atomic E-state index is 0.160. The zero-order valence-corrected chi connectivity index (χ0v) is 14.0. The quantitative estimate of drug-likeness (QED) is 0.887. The van der Waals surface area contributed by atoms with Crippen LogP contribution in [0.25, 0.3) is 0 Å². The van der Waals surface area contributed by atoms with E-state index >= 15 is 0 Å². The van der Waals surface area contributed by atoms with Crippen LogP contribution in [-0.2, 0) is 16.6 Å². The molecule has 126 valence electrons. The van der Waals surface area contributed by atoms with E-state index in [0.29, 0.717) is 18.5 Å². The van der Waals surface area contributed by atoms with Crippen LogP contribution in [0.5, 0.6) is 0 Å². The van der Waals surface area contributed by atoms with Gasteiger partial charge in [-0.05, 0) is 23.6 Å². The van der Waals surface area contributed by atoms with E-state index < -0.39 is 12.0 Å². The van der Waals surface area contributed by atoms with Gasteiger partial charge in [0.15, 0.2) is 6.04 Å². The molecule has 1 aromatic carbocycles. The Hall–Kier alpha value is -2.63. The van der Waals surface area contributed by atoms with Crippen molar-refractivity contribution in [3.05, 3.63) is 52.8 Å². The van der Waals surface area contributed by atoms with Gasteiger partial charge in [-0.2, -0.15) is 5.10 Å². The predicted octanol–water partition coefficient (Wildman–Crippen LogP) is 2.53. The van der Waals surface area contributed by atoms with Gasteiger partial charge >= 0.3 is 5.97 Å². The first-order valence-electron chi connectivity index (χ1n) is 7.96. The Morgan fingerprint density at radius 2 is 2.00 bits per heavy atom. The molecule has 0 fully saturated rings. The summed E-state index contributed by atoms with van der Waals surface area (Å²) in [6.45, 7) is 6.43. The molecule has 0 saturated heterocycles. The number of carbonyl (C=O) groups excluding carboxylic acids is 1. The first-order chi connectivity index (χ1) is 11.3. The van der Waals surface area contributed by atoms with Gasteiger partial charge < -0.3 is 10.0 Å². The number of hydrogen-bond donors (Lipinski definition) is 2. The molecule has 0 bridgehead atoms. The largest absolute Gasteiger partial charge is 0.479 e. The first-order valence-corrected chi connectivity index (χ1v) is 7.96. The topological polar surface area (TPSA) is 86.3 Å². The summed E-state index contributed by atoms with van der Waals surface area (Å²) in [5, 5.41) is 16.6. The number of hydrogen-bond acceptors (Lipinski definition) is 3. The van der Waals surface area contributed by atoms with Crippen molar-refractivity contribution in [2.45, 2.75) is 38.6 Å². The lowest BCUT2D eigenvalue weighted by Crippen LogP contribution is -2.43. The molecule has 1 aromatic heterocycles. The van der Waals surface area contributed by atoms with Crippen LogP contribution in [0.4, 0.5) is 0 Å². The fraction of sp³-hybridized carbons (Fsp3) is 0.389. The van der Waals surface area contributed by atoms with Crippen molar-refractivity contribution in [1.29, 1.82) is 0 Å². The first kappa shape index (κ1) is 16.2. The summed E-state index contributed by atoms with van der Waals surface area (Å²) in [7, 11) is 0. The average molecular weight is 327 g/mol. The smallest absolute Gasteiger partial charge is 0.331 e. The van der Waals surface area contributed by atoms with Gasteiger partial charge in [0.05, 0.1) is 0 Å². The van der Waals surface area contributed by atoms with Gasteiger partial charge in [-0.1, -0.05) is 45.0 Å². The number of aliphatic carboxylic acids is 1. The molecule has 6 heteroatoms. The molecule has 0 saturated carbocycles. The Labute approximate surface area is 140 Å². The Bertz CT molecular complexity index is 789. The van der Waals surface area contributed by atoms with Crippen molar-refractivity contribution in [3.63, 3.8) is 0 Å². The lowest BCUT2D eigenvalue weighted by atomic mass is 9.91. The number of carboxylic acid groups (broad SMARTS) is 1. The highest BCUT2D eigenvalue weighted by Gasteiger charge is 2.37. The summed E-state index contributed by atoms with van der Waals surface area (Å²) in [6, 6.07) is 8.12. The summed E-state index contributed by atoms with van der Waals surface area (Å²) in [5.74, 6) is -1.38.